The summed E-state index contributed by atoms with van der Waals surface area (Å²) in [5, 5.41) is 2.87. The normalized spacial score (nSPS) is 16.5. The first-order valence-electron chi connectivity index (χ1n) is 8.17. The maximum atomic E-state index is 12.8. The summed E-state index contributed by atoms with van der Waals surface area (Å²) in [6.07, 6.45) is 1.51. The van der Waals surface area contributed by atoms with E-state index < -0.39 is 15.9 Å². The molecule has 1 saturated heterocycles. The van der Waals surface area contributed by atoms with Gasteiger partial charge in [-0.3, -0.25) is 4.79 Å². The number of furan rings is 1. The molecule has 1 amide bonds. The summed E-state index contributed by atoms with van der Waals surface area (Å²) < 4.78 is 32.3. The summed E-state index contributed by atoms with van der Waals surface area (Å²) in [6, 6.07) is 7.65. The zero-order valence-electron chi connectivity index (χ0n) is 14.3. The average molecular weight is 398 g/mol. The molecule has 0 bridgehead atoms. The van der Waals surface area contributed by atoms with E-state index >= 15 is 0 Å². The number of amides is 1. The number of carbonyl (C=O) groups is 1. The molecule has 2 aromatic rings. The van der Waals surface area contributed by atoms with Crippen LogP contribution in [0.1, 0.15) is 16.1 Å². The van der Waals surface area contributed by atoms with Crippen LogP contribution >= 0.6 is 11.6 Å². The van der Waals surface area contributed by atoms with Crippen molar-refractivity contribution in [1.82, 2.24) is 14.5 Å². The summed E-state index contributed by atoms with van der Waals surface area (Å²) in [7, 11) is -1.71. The first-order chi connectivity index (χ1) is 12.4. The van der Waals surface area contributed by atoms with E-state index in [1.165, 1.54) is 28.8 Å². The molecule has 0 unspecified atom stereocenters. The van der Waals surface area contributed by atoms with E-state index in [4.69, 9.17) is 16.0 Å². The molecule has 7 nitrogen and oxygen atoms in total. The lowest BCUT2D eigenvalue weighted by Crippen LogP contribution is -2.47. The number of benzene rings is 1. The highest BCUT2D eigenvalue weighted by Crippen LogP contribution is 2.24. The third-order valence-corrected chi connectivity index (χ3v) is 6.51. The van der Waals surface area contributed by atoms with E-state index in [-0.39, 0.29) is 22.0 Å². The summed E-state index contributed by atoms with van der Waals surface area (Å²) >= 11 is 6.11. The lowest BCUT2D eigenvalue weighted by atomic mass is 10.2. The van der Waals surface area contributed by atoms with Gasteiger partial charge in [-0.25, -0.2) is 8.42 Å². The number of nitrogens with one attached hydrogen (secondary N) is 1. The molecule has 26 heavy (non-hydrogen) atoms. The minimum absolute atomic E-state index is 0.0644. The van der Waals surface area contributed by atoms with E-state index in [1.54, 1.807) is 12.1 Å². The van der Waals surface area contributed by atoms with E-state index in [1.807, 2.05) is 7.05 Å². The maximum Gasteiger partial charge on any atom is 0.253 e. The molecular weight excluding hydrogens is 378 g/mol. The number of hydrogen-bond donors (Lipinski definition) is 1. The lowest BCUT2D eigenvalue weighted by molar-refractivity contribution is 0.0948. The van der Waals surface area contributed by atoms with Crippen LogP contribution in [0.15, 0.2) is 45.9 Å². The van der Waals surface area contributed by atoms with Crippen LogP contribution in [0.5, 0.6) is 0 Å². The predicted molar refractivity (Wildman–Crippen MR) is 97.6 cm³/mol. The van der Waals surface area contributed by atoms with Gasteiger partial charge in [-0.15, -0.1) is 0 Å². The van der Waals surface area contributed by atoms with E-state index in [9.17, 15) is 13.2 Å². The van der Waals surface area contributed by atoms with E-state index in [0.29, 0.717) is 31.9 Å². The second kappa shape index (κ2) is 7.79. The molecule has 1 aliphatic rings. The van der Waals surface area contributed by atoms with Gasteiger partial charge in [0.25, 0.3) is 5.91 Å². The average Bonchev–Trinajstić information content (AvgIpc) is 3.14. The fraction of sp³-hybridized carbons (Fsp3) is 0.353. The van der Waals surface area contributed by atoms with Gasteiger partial charge in [0.05, 0.1) is 28.3 Å². The van der Waals surface area contributed by atoms with Gasteiger partial charge >= 0.3 is 0 Å². The van der Waals surface area contributed by atoms with Crippen LogP contribution in [0.4, 0.5) is 0 Å². The number of sulfonamides is 1. The monoisotopic (exact) mass is 397 g/mol. The Morgan fingerprint density at radius 2 is 1.96 bits per heavy atom. The minimum Gasteiger partial charge on any atom is -0.467 e. The number of piperazine rings is 1. The molecule has 1 aliphatic heterocycles. The van der Waals surface area contributed by atoms with Gasteiger partial charge in [0, 0.05) is 26.2 Å². The summed E-state index contributed by atoms with van der Waals surface area (Å²) in [4.78, 5) is 14.5. The highest BCUT2D eigenvalue weighted by Gasteiger charge is 2.28. The largest absolute Gasteiger partial charge is 0.467 e. The van der Waals surface area contributed by atoms with Crippen molar-refractivity contribution in [3.63, 3.8) is 0 Å². The van der Waals surface area contributed by atoms with Gasteiger partial charge in [-0.05, 0) is 37.4 Å². The molecule has 0 saturated carbocycles. The number of halogens is 1. The molecule has 3 rings (SSSR count). The van der Waals surface area contributed by atoms with Crippen molar-refractivity contribution >= 4 is 27.5 Å². The molecule has 1 aromatic carbocycles. The third kappa shape index (κ3) is 4.09. The van der Waals surface area contributed by atoms with Gasteiger partial charge < -0.3 is 14.6 Å². The van der Waals surface area contributed by atoms with E-state index in [0.717, 1.165) is 0 Å². The summed E-state index contributed by atoms with van der Waals surface area (Å²) in [6.45, 7) is 2.37. The highest BCUT2D eigenvalue weighted by atomic mass is 35.5. The van der Waals surface area contributed by atoms with Crippen molar-refractivity contribution in [3.05, 3.63) is 52.9 Å². The molecule has 1 aromatic heterocycles. The third-order valence-electron chi connectivity index (χ3n) is 4.29. The van der Waals surface area contributed by atoms with Crippen molar-refractivity contribution in [2.45, 2.75) is 11.4 Å². The maximum absolute atomic E-state index is 12.8. The first-order valence-corrected chi connectivity index (χ1v) is 9.98. The number of rotatable bonds is 5. The van der Waals surface area contributed by atoms with Gasteiger partial charge in [-0.2, -0.15) is 4.31 Å². The van der Waals surface area contributed by atoms with Gasteiger partial charge in [0.15, 0.2) is 0 Å². The standard InChI is InChI=1S/C17H20ClN3O4S/c1-20-6-8-21(9-7-20)26(23,24)14-4-5-16(18)15(11-14)17(22)19-12-13-3-2-10-25-13/h2-5,10-11H,6-9,12H2,1H3,(H,19,22). The zero-order valence-corrected chi connectivity index (χ0v) is 15.9. The van der Waals surface area contributed by atoms with Crippen molar-refractivity contribution in [3.8, 4) is 0 Å². The van der Waals surface area contributed by atoms with Gasteiger partial charge in [0.2, 0.25) is 10.0 Å². The Balaban J connectivity index is 1.79. The van der Waals surface area contributed by atoms with Crippen molar-refractivity contribution in [2.24, 2.45) is 0 Å². The van der Waals surface area contributed by atoms with Crippen molar-refractivity contribution < 1.29 is 17.6 Å². The fourth-order valence-corrected chi connectivity index (χ4v) is 4.34. The van der Waals surface area contributed by atoms with Crippen LogP contribution in [-0.2, 0) is 16.6 Å². The number of carbonyl (C=O) groups excluding carboxylic acids is 1. The Hall–Kier alpha value is -1.87. The second-order valence-corrected chi connectivity index (χ2v) is 8.46. The predicted octanol–water partition coefficient (Wildman–Crippen LogP) is 1.80. The lowest BCUT2D eigenvalue weighted by Gasteiger charge is -2.31. The van der Waals surface area contributed by atoms with Crippen LogP contribution in [0.2, 0.25) is 5.02 Å². The molecule has 0 atom stereocenters. The number of nitrogens with zero attached hydrogens (tertiary/aromatic N) is 2. The second-order valence-electron chi connectivity index (χ2n) is 6.11. The van der Waals surface area contributed by atoms with Crippen LogP contribution in [0.3, 0.4) is 0 Å². The molecule has 1 N–H and O–H groups in total. The van der Waals surface area contributed by atoms with Crippen molar-refractivity contribution in [2.75, 3.05) is 33.2 Å². The van der Waals surface area contributed by atoms with E-state index in [2.05, 4.69) is 10.2 Å². The minimum atomic E-state index is -3.67. The molecular formula is C17H20ClN3O4S. The van der Waals surface area contributed by atoms with Crippen LogP contribution < -0.4 is 5.32 Å². The van der Waals surface area contributed by atoms with Crippen molar-refractivity contribution in [1.29, 1.82) is 0 Å². The molecule has 2 heterocycles. The topological polar surface area (TPSA) is 82.9 Å². The highest BCUT2D eigenvalue weighted by molar-refractivity contribution is 7.89. The Bertz CT molecular complexity index is 875. The van der Waals surface area contributed by atoms with Crippen LogP contribution in [-0.4, -0.2) is 56.8 Å². The Labute approximate surface area is 157 Å². The van der Waals surface area contributed by atoms with Crippen LogP contribution in [0.25, 0.3) is 0 Å². The quantitative estimate of drug-likeness (QED) is 0.831. The molecule has 1 fully saturated rings. The molecule has 0 spiro atoms. The summed E-state index contributed by atoms with van der Waals surface area (Å²) in [5.74, 6) is 0.137. The first kappa shape index (κ1) is 18.9. The molecule has 0 aliphatic carbocycles. The molecule has 0 radical (unpaired) electrons. The SMILES string of the molecule is CN1CCN(S(=O)(=O)c2ccc(Cl)c(C(=O)NCc3ccco3)c2)CC1. The zero-order chi connectivity index (χ0) is 18.7. The Morgan fingerprint density at radius 3 is 2.62 bits per heavy atom. The Morgan fingerprint density at radius 1 is 1.23 bits per heavy atom. The Kier molecular flexibility index (Phi) is 5.67. The van der Waals surface area contributed by atoms with Gasteiger partial charge in [-0.1, -0.05) is 11.6 Å². The smallest absolute Gasteiger partial charge is 0.253 e. The molecule has 140 valence electrons. The summed E-state index contributed by atoms with van der Waals surface area (Å²) in [5.41, 5.74) is 0.119. The molecule has 9 heteroatoms. The van der Waals surface area contributed by atoms with Gasteiger partial charge in [0.1, 0.15) is 5.76 Å². The fourth-order valence-electron chi connectivity index (χ4n) is 2.69. The number of hydrogen-bond acceptors (Lipinski definition) is 5. The number of likely N-dealkylation sites (N-methyl/N-ethyl adjacent to an activating group) is 1. The van der Waals surface area contributed by atoms with Crippen LogP contribution in [0, 0.1) is 0 Å².